The Morgan fingerprint density at radius 2 is 1.74 bits per heavy atom. The highest BCUT2D eigenvalue weighted by Gasteiger charge is 2.37. The monoisotopic (exact) mass is 433 g/mol. The van der Waals surface area contributed by atoms with Gasteiger partial charge in [0.05, 0.1) is 22.9 Å². The Balaban J connectivity index is 2.02. The van der Waals surface area contributed by atoms with E-state index in [0.717, 1.165) is 24.4 Å². The molecule has 0 spiro atoms. The van der Waals surface area contributed by atoms with Crippen molar-refractivity contribution in [2.24, 2.45) is 0 Å². The number of carbonyl (C=O) groups is 2. The van der Waals surface area contributed by atoms with Gasteiger partial charge in [-0.1, -0.05) is 24.3 Å². The minimum Gasteiger partial charge on any atom is -0.477 e. The maximum absolute atomic E-state index is 13.6. The fourth-order valence-corrected chi connectivity index (χ4v) is 2.87. The summed E-state index contributed by atoms with van der Waals surface area (Å²) in [6, 6.07) is 8.57. The summed E-state index contributed by atoms with van der Waals surface area (Å²) in [6.45, 7) is -0.754. The van der Waals surface area contributed by atoms with Crippen LogP contribution >= 0.6 is 0 Å². The first-order valence-electron chi connectivity index (χ1n) is 8.88. The predicted octanol–water partition coefficient (Wildman–Crippen LogP) is 4.18. The first kappa shape index (κ1) is 21.9. The van der Waals surface area contributed by atoms with Gasteiger partial charge in [-0.25, -0.2) is 14.2 Å². The first-order chi connectivity index (χ1) is 14.7. The standard InChI is InChI=1S/C21H15F4N3O3/c22-10-12-3-5-13(6-4-12)17(18-15(21(23,24)25)2-1-9-26-18)28-19(29)14-7-8-16(20(30)31)27-11-14/h1-9,11,17H,10H2,(H,28,29)(H,30,31)/t17-/m0/s1. The van der Waals surface area contributed by atoms with Gasteiger partial charge in [-0.05, 0) is 35.4 Å². The summed E-state index contributed by atoms with van der Waals surface area (Å²) in [4.78, 5) is 31.1. The molecule has 3 rings (SSSR count). The minimum absolute atomic E-state index is 0.0557. The Kier molecular flexibility index (Phi) is 6.28. The van der Waals surface area contributed by atoms with Gasteiger partial charge in [0, 0.05) is 12.4 Å². The van der Waals surface area contributed by atoms with E-state index in [-0.39, 0.29) is 16.8 Å². The van der Waals surface area contributed by atoms with Crippen LogP contribution in [-0.4, -0.2) is 27.0 Å². The molecule has 0 saturated carbocycles. The minimum atomic E-state index is -4.73. The predicted molar refractivity (Wildman–Crippen MR) is 101 cm³/mol. The fourth-order valence-electron chi connectivity index (χ4n) is 2.87. The fraction of sp³-hybridized carbons (Fsp3) is 0.143. The van der Waals surface area contributed by atoms with Crippen molar-refractivity contribution < 1.29 is 32.3 Å². The first-order valence-corrected chi connectivity index (χ1v) is 8.88. The Labute approximate surface area is 173 Å². The lowest BCUT2D eigenvalue weighted by Gasteiger charge is -2.22. The molecule has 0 aliphatic carbocycles. The van der Waals surface area contributed by atoms with Crippen molar-refractivity contribution in [3.8, 4) is 0 Å². The molecule has 0 saturated heterocycles. The van der Waals surface area contributed by atoms with Crippen molar-refractivity contribution in [3.63, 3.8) is 0 Å². The molecular formula is C21H15F4N3O3. The number of rotatable bonds is 6. The Bertz CT molecular complexity index is 1080. The number of aromatic carboxylic acids is 1. The molecule has 0 fully saturated rings. The van der Waals surface area contributed by atoms with E-state index in [0.29, 0.717) is 5.56 Å². The van der Waals surface area contributed by atoms with E-state index in [2.05, 4.69) is 15.3 Å². The highest BCUT2D eigenvalue weighted by molar-refractivity contribution is 5.95. The van der Waals surface area contributed by atoms with E-state index >= 15 is 0 Å². The zero-order chi connectivity index (χ0) is 22.6. The second kappa shape index (κ2) is 8.90. The van der Waals surface area contributed by atoms with Crippen molar-refractivity contribution in [1.29, 1.82) is 0 Å². The summed E-state index contributed by atoms with van der Waals surface area (Å²) < 4.78 is 53.5. The van der Waals surface area contributed by atoms with Crippen LogP contribution in [0, 0.1) is 0 Å². The molecule has 1 amide bonds. The number of alkyl halides is 4. The van der Waals surface area contributed by atoms with Gasteiger partial charge < -0.3 is 10.4 Å². The number of aromatic nitrogens is 2. The molecule has 160 valence electrons. The van der Waals surface area contributed by atoms with Gasteiger partial charge in [-0.15, -0.1) is 0 Å². The topological polar surface area (TPSA) is 92.2 Å². The van der Waals surface area contributed by atoms with Crippen LogP contribution in [0.4, 0.5) is 17.6 Å². The molecule has 1 aromatic carbocycles. The third kappa shape index (κ3) is 5.03. The molecule has 31 heavy (non-hydrogen) atoms. The molecule has 10 heteroatoms. The lowest BCUT2D eigenvalue weighted by molar-refractivity contribution is -0.138. The second-order valence-corrected chi connectivity index (χ2v) is 6.45. The third-order valence-electron chi connectivity index (χ3n) is 4.40. The SMILES string of the molecule is O=C(N[C@@H](c1ccc(CF)cc1)c1ncccc1C(F)(F)F)c1ccc(C(=O)O)nc1. The number of hydrogen-bond donors (Lipinski definition) is 2. The number of carboxylic acid groups (broad SMARTS) is 1. The van der Waals surface area contributed by atoms with E-state index < -0.39 is 42.0 Å². The van der Waals surface area contributed by atoms with Gasteiger partial charge in [0.25, 0.3) is 5.91 Å². The molecule has 6 nitrogen and oxygen atoms in total. The number of halogens is 4. The molecule has 0 bridgehead atoms. The Hall–Kier alpha value is -3.82. The maximum Gasteiger partial charge on any atom is 0.418 e. The van der Waals surface area contributed by atoms with E-state index in [1.54, 1.807) is 0 Å². The molecule has 0 aliphatic rings. The number of benzene rings is 1. The van der Waals surface area contributed by atoms with Crippen molar-refractivity contribution in [2.75, 3.05) is 0 Å². The van der Waals surface area contributed by atoms with Crippen LogP contribution in [0.15, 0.2) is 60.9 Å². The molecule has 0 unspecified atom stereocenters. The number of pyridine rings is 2. The number of nitrogens with one attached hydrogen (secondary N) is 1. The van der Waals surface area contributed by atoms with Gasteiger partial charge in [0.1, 0.15) is 12.4 Å². The smallest absolute Gasteiger partial charge is 0.418 e. The van der Waals surface area contributed by atoms with Crippen molar-refractivity contribution >= 4 is 11.9 Å². The highest BCUT2D eigenvalue weighted by atomic mass is 19.4. The Morgan fingerprint density at radius 1 is 1.03 bits per heavy atom. The molecule has 2 aromatic heterocycles. The third-order valence-corrected chi connectivity index (χ3v) is 4.40. The largest absolute Gasteiger partial charge is 0.477 e. The van der Waals surface area contributed by atoms with Crippen molar-refractivity contribution in [1.82, 2.24) is 15.3 Å². The number of hydrogen-bond acceptors (Lipinski definition) is 4. The number of nitrogens with zero attached hydrogens (tertiary/aromatic N) is 2. The zero-order valence-electron chi connectivity index (χ0n) is 15.7. The lowest BCUT2D eigenvalue weighted by atomic mass is 9.97. The summed E-state index contributed by atoms with van der Waals surface area (Å²) in [7, 11) is 0. The summed E-state index contributed by atoms with van der Waals surface area (Å²) >= 11 is 0. The van der Waals surface area contributed by atoms with E-state index in [4.69, 9.17) is 5.11 Å². The molecular weight excluding hydrogens is 418 g/mol. The van der Waals surface area contributed by atoms with Crippen molar-refractivity contribution in [3.05, 3.63) is 94.6 Å². The molecule has 0 radical (unpaired) electrons. The van der Waals surface area contributed by atoms with E-state index in [9.17, 15) is 27.2 Å². The van der Waals surface area contributed by atoms with Crippen LogP contribution in [0.3, 0.4) is 0 Å². The molecule has 2 N–H and O–H groups in total. The maximum atomic E-state index is 13.6. The van der Waals surface area contributed by atoms with Crippen LogP contribution in [-0.2, 0) is 12.9 Å². The van der Waals surface area contributed by atoms with Crippen molar-refractivity contribution in [2.45, 2.75) is 18.9 Å². The van der Waals surface area contributed by atoms with Gasteiger partial charge in [0.2, 0.25) is 0 Å². The quantitative estimate of drug-likeness (QED) is 0.569. The summed E-state index contributed by atoms with van der Waals surface area (Å²) in [5, 5.41) is 11.4. The molecule has 3 aromatic rings. The molecule has 0 aliphatic heterocycles. The van der Waals surface area contributed by atoms with Crippen LogP contribution < -0.4 is 5.32 Å². The number of carbonyl (C=O) groups excluding carboxylic acids is 1. The highest BCUT2D eigenvalue weighted by Crippen LogP contribution is 2.35. The summed E-state index contributed by atoms with van der Waals surface area (Å²) in [5.74, 6) is -2.08. The molecule has 2 heterocycles. The van der Waals surface area contributed by atoms with Gasteiger partial charge >= 0.3 is 12.1 Å². The second-order valence-electron chi connectivity index (χ2n) is 6.45. The number of amides is 1. The zero-order valence-corrected chi connectivity index (χ0v) is 15.7. The van der Waals surface area contributed by atoms with Crippen LogP contribution in [0.2, 0.25) is 0 Å². The Morgan fingerprint density at radius 3 is 2.29 bits per heavy atom. The van der Waals surface area contributed by atoms with Gasteiger partial charge in [-0.2, -0.15) is 13.2 Å². The average molecular weight is 433 g/mol. The number of carboxylic acids is 1. The lowest BCUT2D eigenvalue weighted by Crippen LogP contribution is -2.31. The van der Waals surface area contributed by atoms with Crippen LogP contribution in [0.25, 0.3) is 0 Å². The summed E-state index contributed by atoms with van der Waals surface area (Å²) in [6.07, 6.45) is -2.55. The normalized spacial score (nSPS) is 12.3. The van der Waals surface area contributed by atoms with Crippen LogP contribution in [0.5, 0.6) is 0 Å². The summed E-state index contributed by atoms with van der Waals surface area (Å²) in [5.41, 5.74) is -1.25. The average Bonchev–Trinajstić information content (AvgIpc) is 2.77. The van der Waals surface area contributed by atoms with Gasteiger partial charge in [-0.3, -0.25) is 9.78 Å². The van der Waals surface area contributed by atoms with Crippen LogP contribution in [0.1, 0.15) is 49.3 Å². The van der Waals surface area contributed by atoms with E-state index in [1.165, 1.54) is 36.5 Å². The molecule has 1 atom stereocenters. The van der Waals surface area contributed by atoms with Gasteiger partial charge in [0.15, 0.2) is 0 Å². The van der Waals surface area contributed by atoms with E-state index in [1.807, 2.05) is 0 Å².